The van der Waals surface area contributed by atoms with E-state index in [1.807, 2.05) is 16.7 Å². The van der Waals surface area contributed by atoms with Crippen LogP contribution in [-0.4, -0.2) is 19.6 Å². The molecule has 1 unspecified atom stereocenters. The van der Waals surface area contributed by atoms with Crippen LogP contribution in [0.3, 0.4) is 0 Å². The number of nitrogens with zero attached hydrogens (tertiary/aromatic N) is 3. The average Bonchev–Trinajstić information content (AvgIpc) is 2.70. The largest absolute Gasteiger partial charge is 0.373 e. The number of aliphatic hydroxyl groups is 1. The highest BCUT2D eigenvalue weighted by Gasteiger charge is 2.25. The number of rotatable bonds is 1. The van der Waals surface area contributed by atoms with Gasteiger partial charge in [0.05, 0.1) is 5.69 Å². The molecule has 2 aromatic rings. The summed E-state index contributed by atoms with van der Waals surface area (Å²) in [6.45, 7) is 0. The maximum Gasteiger partial charge on any atom is 0.151 e. The van der Waals surface area contributed by atoms with Gasteiger partial charge in [-0.15, -0.1) is 0 Å². The molecular weight excluding hydrogens is 238 g/mol. The SMILES string of the molecule is OC1CCCc2c(Cl)nc(-c3ccncc3)n21. The zero-order chi connectivity index (χ0) is 11.8. The molecule has 0 bridgehead atoms. The summed E-state index contributed by atoms with van der Waals surface area (Å²) in [6.07, 6.45) is 5.45. The Bertz CT molecular complexity index is 538. The van der Waals surface area contributed by atoms with E-state index in [2.05, 4.69) is 9.97 Å². The van der Waals surface area contributed by atoms with Crippen molar-refractivity contribution in [3.8, 4) is 11.4 Å². The van der Waals surface area contributed by atoms with Crippen molar-refractivity contribution in [2.75, 3.05) is 0 Å². The first-order valence-electron chi connectivity index (χ1n) is 5.62. The lowest BCUT2D eigenvalue weighted by atomic mass is 10.1. The second-order valence-electron chi connectivity index (χ2n) is 4.15. The van der Waals surface area contributed by atoms with E-state index < -0.39 is 6.23 Å². The van der Waals surface area contributed by atoms with Crippen molar-refractivity contribution >= 4 is 11.6 Å². The zero-order valence-corrected chi connectivity index (χ0v) is 9.93. The minimum absolute atomic E-state index is 0.496. The van der Waals surface area contributed by atoms with E-state index in [1.165, 1.54) is 0 Å². The lowest BCUT2D eigenvalue weighted by Gasteiger charge is -2.22. The van der Waals surface area contributed by atoms with Crippen LogP contribution < -0.4 is 0 Å². The van der Waals surface area contributed by atoms with Gasteiger partial charge in [0.15, 0.2) is 5.15 Å². The third-order valence-corrected chi connectivity index (χ3v) is 3.38. The summed E-state index contributed by atoms with van der Waals surface area (Å²) >= 11 is 6.12. The summed E-state index contributed by atoms with van der Waals surface area (Å²) in [5.74, 6) is 0.722. The fraction of sp³-hybridized carbons (Fsp3) is 0.333. The number of pyridine rings is 1. The van der Waals surface area contributed by atoms with Crippen molar-refractivity contribution < 1.29 is 5.11 Å². The van der Waals surface area contributed by atoms with Crippen LogP contribution in [0.15, 0.2) is 24.5 Å². The number of fused-ring (bicyclic) bond motifs is 1. The van der Waals surface area contributed by atoms with Gasteiger partial charge in [-0.1, -0.05) is 11.6 Å². The molecular formula is C12H12ClN3O. The predicted molar refractivity (Wildman–Crippen MR) is 64.7 cm³/mol. The van der Waals surface area contributed by atoms with Crippen molar-refractivity contribution in [1.29, 1.82) is 0 Å². The van der Waals surface area contributed by atoms with Crippen molar-refractivity contribution in [2.24, 2.45) is 0 Å². The first-order chi connectivity index (χ1) is 8.27. The van der Waals surface area contributed by atoms with Crippen molar-refractivity contribution in [1.82, 2.24) is 14.5 Å². The Kier molecular flexibility index (Phi) is 2.61. The molecule has 17 heavy (non-hydrogen) atoms. The van der Waals surface area contributed by atoms with Gasteiger partial charge in [0.1, 0.15) is 12.1 Å². The molecule has 0 aliphatic carbocycles. The normalized spacial score (nSPS) is 19.1. The van der Waals surface area contributed by atoms with E-state index >= 15 is 0 Å². The average molecular weight is 250 g/mol. The monoisotopic (exact) mass is 249 g/mol. The molecule has 0 saturated carbocycles. The Morgan fingerprint density at radius 3 is 2.88 bits per heavy atom. The van der Waals surface area contributed by atoms with Gasteiger partial charge in [0.2, 0.25) is 0 Å². The first kappa shape index (κ1) is 10.7. The van der Waals surface area contributed by atoms with Crippen LogP contribution >= 0.6 is 11.6 Å². The third kappa shape index (κ3) is 1.73. The highest BCUT2D eigenvalue weighted by Crippen LogP contribution is 2.33. The van der Waals surface area contributed by atoms with E-state index in [4.69, 9.17) is 11.6 Å². The number of hydrogen-bond donors (Lipinski definition) is 1. The molecule has 0 aromatic carbocycles. The van der Waals surface area contributed by atoms with Gasteiger partial charge < -0.3 is 9.67 Å². The second kappa shape index (κ2) is 4.13. The molecule has 88 valence electrons. The molecule has 0 radical (unpaired) electrons. The number of aliphatic hydroxyl groups excluding tert-OH is 1. The van der Waals surface area contributed by atoms with Gasteiger partial charge in [0, 0.05) is 18.0 Å². The van der Waals surface area contributed by atoms with Crippen LogP contribution in [0.2, 0.25) is 5.15 Å². The van der Waals surface area contributed by atoms with Gasteiger partial charge in [0.25, 0.3) is 0 Å². The summed E-state index contributed by atoms with van der Waals surface area (Å²) in [4.78, 5) is 8.33. The van der Waals surface area contributed by atoms with Gasteiger partial charge >= 0.3 is 0 Å². The Labute approximate surface area is 104 Å². The van der Waals surface area contributed by atoms with E-state index in [1.54, 1.807) is 12.4 Å². The van der Waals surface area contributed by atoms with Crippen LogP contribution in [-0.2, 0) is 6.42 Å². The molecule has 0 saturated heterocycles. The molecule has 0 spiro atoms. The van der Waals surface area contributed by atoms with E-state index in [0.717, 1.165) is 36.3 Å². The smallest absolute Gasteiger partial charge is 0.151 e. The third-order valence-electron chi connectivity index (χ3n) is 3.07. The van der Waals surface area contributed by atoms with Crippen molar-refractivity contribution in [3.05, 3.63) is 35.4 Å². The van der Waals surface area contributed by atoms with E-state index in [0.29, 0.717) is 5.15 Å². The Balaban J connectivity index is 2.18. The number of hydrogen-bond acceptors (Lipinski definition) is 3. The lowest BCUT2D eigenvalue weighted by molar-refractivity contribution is 0.0807. The molecule has 4 nitrogen and oxygen atoms in total. The fourth-order valence-electron chi connectivity index (χ4n) is 2.27. The molecule has 3 rings (SSSR count). The Morgan fingerprint density at radius 1 is 1.35 bits per heavy atom. The lowest BCUT2D eigenvalue weighted by Crippen LogP contribution is -2.17. The van der Waals surface area contributed by atoms with Crippen LogP contribution in [0.5, 0.6) is 0 Å². The second-order valence-corrected chi connectivity index (χ2v) is 4.51. The Hall–Kier alpha value is -1.39. The minimum Gasteiger partial charge on any atom is -0.373 e. The van der Waals surface area contributed by atoms with Gasteiger partial charge in [-0.25, -0.2) is 4.98 Å². The predicted octanol–water partition coefficient (Wildman–Crippen LogP) is 2.43. The summed E-state index contributed by atoms with van der Waals surface area (Å²) in [6, 6.07) is 3.74. The topological polar surface area (TPSA) is 50.9 Å². The van der Waals surface area contributed by atoms with E-state index in [9.17, 15) is 5.11 Å². The van der Waals surface area contributed by atoms with E-state index in [-0.39, 0.29) is 0 Å². The molecule has 1 aliphatic rings. The molecule has 0 amide bonds. The minimum atomic E-state index is -0.526. The van der Waals surface area contributed by atoms with Gasteiger partial charge in [-0.05, 0) is 31.4 Å². The molecule has 1 aliphatic heterocycles. The molecule has 1 atom stereocenters. The summed E-state index contributed by atoms with van der Waals surface area (Å²) < 4.78 is 1.83. The van der Waals surface area contributed by atoms with Crippen molar-refractivity contribution in [3.63, 3.8) is 0 Å². The summed E-state index contributed by atoms with van der Waals surface area (Å²) in [7, 11) is 0. The van der Waals surface area contributed by atoms with Crippen LogP contribution in [0, 0.1) is 0 Å². The fourth-order valence-corrected chi connectivity index (χ4v) is 2.53. The number of halogens is 1. The molecule has 0 fully saturated rings. The standard InChI is InChI=1S/C12H12ClN3O/c13-11-9-2-1-3-10(17)16(9)12(15-11)8-4-6-14-7-5-8/h4-7,10,17H,1-3H2. The number of imidazole rings is 1. The summed E-state index contributed by atoms with van der Waals surface area (Å²) in [5, 5.41) is 10.6. The molecule has 5 heteroatoms. The van der Waals surface area contributed by atoms with Crippen molar-refractivity contribution in [2.45, 2.75) is 25.5 Å². The first-order valence-corrected chi connectivity index (χ1v) is 6.00. The maximum atomic E-state index is 10.1. The highest BCUT2D eigenvalue weighted by atomic mass is 35.5. The zero-order valence-electron chi connectivity index (χ0n) is 9.17. The van der Waals surface area contributed by atoms with Gasteiger partial charge in [-0.2, -0.15) is 0 Å². The maximum absolute atomic E-state index is 10.1. The highest BCUT2D eigenvalue weighted by molar-refractivity contribution is 6.30. The quantitative estimate of drug-likeness (QED) is 0.845. The molecule has 2 aromatic heterocycles. The van der Waals surface area contributed by atoms with Crippen LogP contribution in [0.25, 0.3) is 11.4 Å². The molecule has 1 N–H and O–H groups in total. The Morgan fingerprint density at radius 2 is 2.12 bits per heavy atom. The summed E-state index contributed by atoms with van der Waals surface area (Å²) in [5.41, 5.74) is 1.85. The number of aromatic nitrogens is 3. The van der Waals surface area contributed by atoms with Crippen LogP contribution in [0.4, 0.5) is 0 Å². The van der Waals surface area contributed by atoms with Crippen LogP contribution in [0.1, 0.15) is 24.8 Å². The van der Waals surface area contributed by atoms with Gasteiger partial charge in [-0.3, -0.25) is 4.98 Å². The molecule has 3 heterocycles.